The van der Waals surface area contributed by atoms with Crippen molar-refractivity contribution in [2.45, 2.75) is 6.92 Å². The minimum Gasteiger partial charge on any atom is -0.258 e. The van der Waals surface area contributed by atoms with E-state index in [1.54, 1.807) is 31.2 Å². The number of halogens is 2. The average molecular weight is 283 g/mol. The molecule has 0 aliphatic carbocycles. The summed E-state index contributed by atoms with van der Waals surface area (Å²) >= 11 is 12.0. The van der Waals surface area contributed by atoms with E-state index in [9.17, 15) is 10.1 Å². The lowest BCUT2D eigenvalue weighted by molar-refractivity contribution is -0.384. The second-order valence-corrected chi connectivity index (χ2v) is 4.47. The fourth-order valence-corrected chi connectivity index (χ4v) is 2.05. The highest BCUT2D eigenvalue weighted by molar-refractivity contribution is 6.43. The molecule has 0 aliphatic heterocycles. The number of pyridine rings is 1. The van der Waals surface area contributed by atoms with Crippen molar-refractivity contribution in [3.8, 4) is 11.3 Å². The summed E-state index contributed by atoms with van der Waals surface area (Å²) in [6, 6.07) is 6.54. The van der Waals surface area contributed by atoms with E-state index in [2.05, 4.69) is 4.98 Å². The van der Waals surface area contributed by atoms with Gasteiger partial charge in [-0.15, -0.1) is 0 Å². The van der Waals surface area contributed by atoms with Gasteiger partial charge in [-0.3, -0.25) is 10.1 Å². The summed E-state index contributed by atoms with van der Waals surface area (Å²) < 4.78 is 0. The lowest BCUT2D eigenvalue weighted by Gasteiger charge is -2.07. The van der Waals surface area contributed by atoms with E-state index in [-0.39, 0.29) is 16.4 Å². The largest absolute Gasteiger partial charge is 0.298 e. The Hall–Kier alpha value is -1.65. The summed E-state index contributed by atoms with van der Waals surface area (Å²) in [5, 5.41) is 11.7. The van der Waals surface area contributed by atoms with Crippen molar-refractivity contribution < 1.29 is 4.92 Å². The molecule has 0 N–H and O–H groups in total. The van der Waals surface area contributed by atoms with Crippen molar-refractivity contribution in [1.82, 2.24) is 4.98 Å². The van der Waals surface area contributed by atoms with Crippen LogP contribution in [0.15, 0.2) is 30.5 Å². The van der Waals surface area contributed by atoms with Gasteiger partial charge in [0.05, 0.1) is 15.0 Å². The van der Waals surface area contributed by atoms with E-state index in [1.807, 2.05) is 0 Å². The predicted molar refractivity (Wildman–Crippen MR) is 71.1 cm³/mol. The van der Waals surface area contributed by atoms with Crippen LogP contribution in [-0.4, -0.2) is 9.91 Å². The number of hydrogen-bond acceptors (Lipinski definition) is 3. The van der Waals surface area contributed by atoms with Crippen molar-refractivity contribution in [3.63, 3.8) is 0 Å². The van der Waals surface area contributed by atoms with Crippen molar-refractivity contribution in [2.24, 2.45) is 0 Å². The molecule has 0 amide bonds. The van der Waals surface area contributed by atoms with E-state index >= 15 is 0 Å². The van der Waals surface area contributed by atoms with Gasteiger partial charge in [0, 0.05) is 17.3 Å². The Kier molecular flexibility index (Phi) is 3.50. The molecule has 1 aromatic heterocycles. The van der Waals surface area contributed by atoms with Crippen LogP contribution in [0.25, 0.3) is 11.3 Å². The van der Waals surface area contributed by atoms with Crippen molar-refractivity contribution in [3.05, 3.63) is 56.2 Å². The maximum atomic E-state index is 11.1. The zero-order valence-electron chi connectivity index (χ0n) is 9.35. The smallest absolute Gasteiger partial charge is 0.258 e. The summed E-state index contributed by atoms with van der Waals surface area (Å²) in [4.78, 5) is 14.7. The lowest BCUT2D eigenvalue weighted by Crippen LogP contribution is -1.98. The molecular weight excluding hydrogens is 275 g/mol. The molecule has 0 spiro atoms. The lowest BCUT2D eigenvalue weighted by atomic mass is 10.1. The quantitative estimate of drug-likeness (QED) is 0.610. The molecule has 6 heteroatoms. The Morgan fingerprint density at radius 3 is 2.67 bits per heavy atom. The van der Waals surface area contributed by atoms with Crippen LogP contribution in [0.3, 0.4) is 0 Å². The molecule has 1 heterocycles. The van der Waals surface area contributed by atoms with E-state index in [0.717, 1.165) is 0 Å². The number of aryl methyl sites for hydroxylation is 1. The highest BCUT2D eigenvalue weighted by Gasteiger charge is 2.22. The van der Waals surface area contributed by atoms with E-state index in [4.69, 9.17) is 23.2 Å². The molecule has 0 bridgehead atoms. The molecule has 0 saturated carbocycles. The summed E-state index contributed by atoms with van der Waals surface area (Å²) in [5.41, 5.74) is 1.16. The summed E-state index contributed by atoms with van der Waals surface area (Å²) in [6.07, 6.45) is 1.51. The molecule has 0 radical (unpaired) electrons. The highest BCUT2D eigenvalue weighted by Crippen LogP contribution is 2.37. The van der Waals surface area contributed by atoms with Crippen molar-refractivity contribution in [2.75, 3.05) is 0 Å². The van der Waals surface area contributed by atoms with Crippen LogP contribution in [0.5, 0.6) is 0 Å². The summed E-state index contributed by atoms with van der Waals surface area (Å²) in [5.74, 6) is 0. The molecule has 4 nitrogen and oxygen atoms in total. The Morgan fingerprint density at radius 1 is 1.28 bits per heavy atom. The molecule has 0 saturated heterocycles. The SMILES string of the molecule is Cc1ccnc(-c2cccc(Cl)c2Cl)c1[N+](=O)[O-]. The first-order valence-corrected chi connectivity index (χ1v) is 5.82. The number of hydrogen-bond donors (Lipinski definition) is 0. The van der Waals surface area contributed by atoms with Gasteiger partial charge in [-0.25, -0.2) is 4.98 Å². The number of rotatable bonds is 2. The Labute approximate surface area is 113 Å². The minimum atomic E-state index is -0.463. The van der Waals surface area contributed by atoms with Gasteiger partial charge in [-0.05, 0) is 19.1 Å². The Morgan fingerprint density at radius 2 is 2.00 bits per heavy atom. The molecule has 0 atom stereocenters. The van der Waals surface area contributed by atoms with Gasteiger partial charge in [0.25, 0.3) is 5.69 Å². The number of nitro groups is 1. The molecule has 2 rings (SSSR count). The van der Waals surface area contributed by atoms with Gasteiger partial charge < -0.3 is 0 Å². The standard InChI is InChI=1S/C12H8Cl2N2O2/c1-7-5-6-15-11(12(7)16(17)18)8-3-2-4-9(13)10(8)14/h2-6H,1H3. The van der Waals surface area contributed by atoms with E-state index in [0.29, 0.717) is 16.1 Å². The zero-order valence-corrected chi connectivity index (χ0v) is 10.9. The molecule has 1 aromatic carbocycles. The molecule has 0 fully saturated rings. The third-order valence-electron chi connectivity index (χ3n) is 2.52. The molecular formula is C12H8Cl2N2O2. The van der Waals surface area contributed by atoms with E-state index < -0.39 is 4.92 Å². The second-order valence-electron chi connectivity index (χ2n) is 3.68. The third kappa shape index (κ3) is 2.17. The molecule has 2 aromatic rings. The van der Waals surface area contributed by atoms with Gasteiger partial charge in [-0.2, -0.15) is 0 Å². The summed E-state index contributed by atoms with van der Waals surface area (Å²) in [7, 11) is 0. The van der Waals surface area contributed by atoms with Gasteiger partial charge in [0.1, 0.15) is 5.69 Å². The van der Waals surface area contributed by atoms with Crippen LogP contribution in [0, 0.1) is 17.0 Å². The van der Waals surface area contributed by atoms with Crippen molar-refractivity contribution >= 4 is 28.9 Å². The van der Waals surface area contributed by atoms with Crippen LogP contribution in [0.2, 0.25) is 10.0 Å². The van der Waals surface area contributed by atoms with Gasteiger partial charge in [-0.1, -0.05) is 35.3 Å². The van der Waals surface area contributed by atoms with Crippen molar-refractivity contribution in [1.29, 1.82) is 0 Å². The molecule has 0 aliphatic rings. The molecule has 0 unspecified atom stereocenters. The molecule has 92 valence electrons. The minimum absolute atomic E-state index is 0.0540. The summed E-state index contributed by atoms with van der Waals surface area (Å²) in [6.45, 7) is 1.65. The van der Waals surface area contributed by atoms with Crippen LogP contribution in [0.1, 0.15) is 5.56 Å². The monoisotopic (exact) mass is 282 g/mol. The van der Waals surface area contributed by atoms with Gasteiger partial charge in [0.15, 0.2) is 0 Å². The normalized spacial score (nSPS) is 10.4. The third-order valence-corrected chi connectivity index (χ3v) is 3.33. The second kappa shape index (κ2) is 4.92. The number of nitrogens with zero attached hydrogens (tertiary/aromatic N) is 2. The fraction of sp³-hybridized carbons (Fsp3) is 0.0833. The van der Waals surface area contributed by atoms with Gasteiger partial charge in [0.2, 0.25) is 0 Å². The first-order valence-electron chi connectivity index (χ1n) is 5.06. The number of benzene rings is 1. The highest BCUT2D eigenvalue weighted by atomic mass is 35.5. The maximum Gasteiger partial charge on any atom is 0.298 e. The first-order chi connectivity index (χ1) is 8.52. The van der Waals surface area contributed by atoms with Crippen LogP contribution in [-0.2, 0) is 0 Å². The fourth-order valence-electron chi connectivity index (χ4n) is 1.66. The zero-order chi connectivity index (χ0) is 13.3. The van der Waals surface area contributed by atoms with Crippen LogP contribution in [0.4, 0.5) is 5.69 Å². The number of aromatic nitrogens is 1. The first kappa shape index (κ1) is 12.8. The average Bonchev–Trinajstić information content (AvgIpc) is 2.32. The maximum absolute atomic E-state index is 11.1. The van der Waals surface area contributed by atoms with Gasteiger partial charge >= 0.3 is 0 Å². The van der Waals surface area contributed by atoms with Crippen LogP contribution >= 0.6 is 23.2 Å². The predicted octanol–water partition coefficient (Wildman–Crippen LogP) is 4.27. The topological polar surface area (TPSA) is 56.0 Å². The van der Waals surface area contributed by atoms with E-state index in [1.165, 1.54) is 6.20 Å². The Balaban J connectivity index is 2.75. The molecule has 18 heavy (non-hydrogen) atoms. The van der Waals surface area contributed by atoms with Crippen LogP contribution < -0.4 is 0 Å². The Bertz CT molecular complexity index is 629.